The lowest BCUT2D eigenvalue weighted by Crippen LogP contribution is -2.37. The van der Waals surface area contributed by atoms with E-state index in [2.05, 4.69) is 20.8 Å². The van der Waals surface area contributed by atoms with Gasteiger partial charge in [0, 0.05) is 0 Å². The smallest absolute Gasteiger partial charge is 0.0295 e. The van der Waals surface area contributed by atoms with Crippen LogP contribution in [0.1, 0.15) is 78.6 Å². The van der Waals surface area contributed by atoms with Crippen LogP contribution >= 0.6 is 0 Å². The van der Waals surface area contributed by atoms with Crippen molar-refractivity contribution in [3.05, 3.63) is 0 Å². The Balaban J connectivity index is 2.07. The highest BCUT2D eigenvalue weighted by molar-refractivity contribution is 4.94. The van der Waals surface area contributed by atoms with Crippen molar-refractivity contribution in [3.63, 3.8) is 0 Å². The van der Waals surface area contributed by atoms with Crippen molar-refractivity contribution >= 4 is 0 Å². The van der Waals surface area contributed by atoms with Crippen molar-refractivity contribution in [1.29, 1.82) is 0 Å². The maximum atomic E-state index is 2.57. The Morgan fingerprint density at radius 2 is 1.00 bits per heavy atom. The van der Waals surface area contributed by atoms with Crippen LogP contribution in [0, 0.1) is 16.7 Å². The summed E-state index contributed by atoms with van der Waals surface area (Å²) in [6.45, 7) is 7.68. The molecule has 0 aromatic heterocycles. The number of rotatable bonds is 2. The molecule has 2 rings (SSSR count). The van der Waals surface area contributed by atoms with Gasteiger partial charge < -0.3 is 0 Å². The van der Waals surface area contributed by atoms with Crippen LogP contribution in [0.3, 0.4) is 0 Å². The molecule has 15 heavy (non-hydrogen) atoms. The molecular weight excluding hydrogens is 180 g/mol. The molecule has 0 bridgehead atoms. The molecule has 1 unspecified atom stereocenters. The van der Waals surface area contributed by atoms with Crippen LogP contribution in [0.4, 0.5) is 0 Å². The third-order valence-electron chi connectivity index (χ3n) is 5.83. The first kappa shape index (κ1) is 11.5. The topological polar surface area (TPSA) is 0 Å². The molecular formula is C15H28. The van der Waals surface area contributed by atoms with Crippen LogP contribution in [-0.4, -0.2) is 0 Å². The molecule has 2 aliphatic carbocycles. The Bertz CT molecular complexity index is 204. The monoisotopic (exact) mass is 208 g/mol. The van der Waals surface area contributed by atoms with Gasteiger partial charge in [-0.05, 0) is 42.4 Å². The van der Waals surface area contributed by atoms with Crippen molar-refractivity contribution in [1.82, 2.24) is 0 Å². The second-order valence-corrected chi connectivity index (χ2v) is 6.80. The molecule has 0 spiro atoms. The first-order chi connectivity index (χ1) is 7.07. The third-order valence-corrected chi connectivity index (χ3v) is 5.83. The molecule has 2 saturated carbocycles. The summed E-state index contributed by atoms with van der Waals surface area (Å²) in [4.78, 5) is 0. The summed E-state index contributed by atoms with van der Waals surface area (Å²) >= 11 is 0. The minimum atomic E-state index is 0.664. The standard InChI is InChI=1S/C15H28/c1-13(15(3)11-7-8-12-15)14(2)9-5-4-6-10-14/h13H,4-12H2,1-3H3. The van der Waals surface area contributed by atoms with Crippen LogP contribution in [0.25, 0.3) is 0 Å². The highest BCUT2D eigenvalue weighted by Crippen LogP contribution is 2.54. The molecule has 0 aromatic carbocycles. The summed E-state index contributed by atoms with van der Waals surface area (Å²) in [6, 6.07) is 0. The Hall–Kier alpha value is 0. The lowest BCUT2D eigenvalue weighted by Gasteiger charge is -2.47. The van der Waals surface area contributed by atoms with Crippen LogP contribution in [0.5, 0.6) is 0 Å². The van der Waals surface area contributed by atoms with Gasteiger partial charge in [-0.25, -0.2) is 0 Å². The average molecular weight is 208 g/mol. The molecule has 2 aliphatic rings. The zero-order valence-electron chi connectivity index (χ0n) is 10.9. The molecule has 0 aromatic rings. The van der Waals surface area contributed by atoms with E-state index in [1.165, 1.54) is 57.8 Å². The van der Waals surface area contributed by atoms with Gasteiger partial charge >= 0.3 is 0 Å². The Morgan fingerprint density at radius 3 is 1.40 bits per heavy atom. The average Bonchev–Trinajstić information content (AvgIpc) is 2.66. The quantitative estimate of drug-likeness (QED) is 0.587. The number of hydrogen-bond acceptors (Lipinski definition) is 0. The summed E-state index contributed by atoms with van der Waals surface area (Å²) in [5.74, 6) is 0.938. The number of hydrogen-bond donors (Lipinski definition) is 0. The van der Waals surface area contributed by atoms with Gasteiger partial charge in [0.1, 0.15) is 0 Å². The molecule has 0 N–H and O–H groups in total. The largest absolute Gasteiger partial charge is 0.0615 e. The van der Waals surface area contributed by atoms with Gasteiger partial charge in [-0.3, -0.25) is 0 Å². The minimum absolute atomic E-state index is 0.664. The van der Waals surface area contributed by atoms with Crippen molar-refractivity contribution in [3.8, 4) is 0 Å². The predicted molar refractivity (Wildman–Crippen MR) is 66.9 cm³/mol. The molecule has 0 saturated heterocycles. The van der Waals surface area contributed by atoms with Crippen LogP contribution in [0.15, 0.2) is 0 Å². The van der Waals surface area contributed by atoms with E-state index in [4.69, 9.17) is 0 Å². The van der Waals surface area contributed by atoms with Crippen molar-refractivity contribution in [2.75, 3.05) is 0 Å². The van der Waals surface area contributed by atoms with Gasteiger partial charge in [-0.15, -0.1) is 0 Å². The van der Waals surface area contributed by atoms with Gasteiger partial charge in [0.25, 0.3) is 0 Å². The Morgan fingerprint density at radius 1 is 0.667 bits per heavy atom. The van der Waals surface area contributed by atoms with Gasteiger partial charge in [-0.2, -0.15) is 0 Å². The fourth-order valence-corrected chi connectivity index (χ4v) is 4.25. The minimum Gasteiger partial charge on any atom is -0.0615 e. The van der Waals surface area contributed by atoms with Crippen LogP contribution < -0.4 is 0 Å². The fourth-order valence-electron chi connectivity index (χ4n) is 4.25. The normalized spacial score (nSPS) is 31.4. The van der Waals surface area contributed by atoms with E-state index in [0.717, 1.165) is 5.92 Å². The molecule has 1 atom stereocenters. The third kappa shape index (κ3) is 2.10. The second-order valence-electron chi connectivity index (χ2n) is 6.80. The summed E-state index contributed by atoms with van der Waals surface area (Å²) in [7, 11) is 0. The van der Waals surface area contributed by atoms with E-state index in [0.29, 0.717) is 10.8 Å². The molecule has 0 amide bonds. The molecule has 0 heterocycles. The van der Waals surface area contributed by atoms with E-state index >= 15 is 0 Å². The van der Waals surface area contributed by atoms with E-state index in [1.807, 2.05) is 0 Å². The van der Waals surface area contributed by atoms with E-state index in [9.17, 15) is 0 Å². The summed E-state index contributed by atoms with van der Waals surface area (Å²) in [5.41, 5.74) is 1.34. The van der Waals surface area contributed by atoms with Crippen molar-refractivity contribution < 1.29 is 0 Å². The maximum absolute atomic E-state index is 2.57. The molecule has 0 nitrogen and oxygen atoms in total. The first-order valence-electron chi connectivity index (χ1n) is 7.07. The van der Waals surface area contributed by atoms with Gasteiger partial charge in [0.05, 0.1) is 0 Å². The van der Waals surface area contributed by atoms with Crippen molar-refractivity contribution in [2.24, 2.45) is 16.7 Å². The fraction of sp³-hybridized carbons (Fsp3) is 1.00. The molecule has 0 radical (unpaired) electrons. The van der Waals surface area contributed by atoms with E-state index in [1.54, 1.807) is 0 Å². The van der Waals surface area contributed by atoms with Crippen LogP contribution in [0.2, 0.25) is 0 Å². The van der Waals surface area contributed by atoms with Gasteiger partial charge in [0.2, 0.25) is 0 Å². The zero-order valence-corrected chi connectivity index (χ0v) is 10.9. The highest BCUT2D eigenvalue weighted by atomic mass is 14.5. The van der Waals surface area contributed by atoms with Gasteiger partial charge in [0.15, 0.2) is 0 Å². The predicted octanol–water partition coefficient (Wildman–Crippen LogP) is 5.17. The van der Waals surface area contributed by atoms with E-state index in [-0.39, 0.29) is 0 Å². The summed E-state index contributed by atoms with van der Waals surface area (Å²) < 4.78 is 0. The van der Waals surface area contributed by atoms with Gasteiger partial charge in [-0.1, -0.05) is 52.9 Å². The lowest BCUT2D eigenvalue weighted by atomic mass is 9.58. The molecule has 0 heteroatoms. The molecule has 2 fully saturated rings. The molecule has 88 valence electrons. The maximum Gasteiger partial charge on any atom is -0.0295 e. The SMILES string of the molecule is CC(C1(C)CCCCC1)C1(C)CCCC1. The zero-order chi connectivity index (χ0) is 10.9. The van der Waals surface area contributed by atoms with Crippen molar-refractivity contribution in [2.45, 2.75) is 78.6 Å². The van der Waals surface area contributed by atoms with Crippen LogP contribution in [-0.2, 0) is 0 Å². The summed E-state index contributed by atoms with van der Waals surface area (Å²) in [6.07, 6.45) is 13.4. The Labute approximate surface area is 95.8 Å². The van der Waals surface area contributed by atoms with E-state index < -0.39 is 0 Å². The first-order valence-corrected chi connectivity index (χ1v) is 7.07. The second kappa shape index (κ2) is 4.11. The highest BCUT2D eigenvalue weighted by Gasteiger charge is 2.44. The summed E-state index contributed by atoms with van der Waals surface area (Å²) in [5, 5.41) is 0. The Kier molecular flexibility index (Phi) is 3.14. The molecule has 0 aliphatic heterocycles. The lowest BCUT2D eigenvalue weighted by molar-refractivity contribution is 0.0317.